The molecular formula is C19H18FN5O4S. The van der Waals surface area contributed by atoms with Gasteiger partial charge in [0.25, 0.3) is 5.69 Å². The summed E-state index contributed by atoms with van der Waals surface area (Å²) < 4.78 is 39.5. The first kappa shape index (κ1) is 21.1. The largest absolute Gasteiger partial charge is 0.337 e. The van der Waals surface area contributed by atoms with E-state index < -0.39 is 25.8 Å². The lowest BCUT2D eigenvalue weighted by Crippen LogP contribution is -2.16. The molecule has 0 atom stereocenters. The third-order valence-corrected chi connectivity index (χ3v) is 6.33. The zero-order valence-corrected chi connectivity index (χ0v) is 16.9. The van der Waals surface area contributed by atoms with Crippen LogP contribution in [0.5, 0.6) is 0 Å². The number of anilines is 4. The number of sulfone groups is 1. The Hall–Kier alpha value is -3.60. The van der Waals surface area contributed by atoms with Gasteiger partial charge >= 0.3 is 0 Å². The third kappa shape index (κ3) is 4.51. The van der Waals surface area contributed by atoms with Crippen LogP contribution in [-0.4, -0.2) is 28.6 Å². The average Bonchev–Trinajstić information content (AvgIpc) is 2.71. The normalized spacial score (nSPS) is 11.3. The van der Waals surface area contributed by atoms with E-state index >= 15 is 0 Å². The molecule has 0 aliphatic heterocycles. The SMILES string of the molecule is CC(C)S(=O)(=O)c1ccccc1Nc1nc(Nc2cccc([N+](=O)[O-])c2)ncc1F. The summed E-state index contributed by atoms with van der Waals surface area (Å²) in [5.74, 6) is -1.07. The highest BCUT2D eigenvalue weighted by Crippen LogP contribution is 2.28. The molecule has 0 spiro atoms. The van der Waals surface area contributed by atoms with Crippen molar-refractivity contribution >= 4 is 38.7 Å². The van der Waals surface area contributed by atoms with Gasteiger partial charge < -0.3 is 10.6 Å². The Balaban J connectivity index is 1.93. The van der Waals surface area contributed by atoms with Crippen LogP contribution in [-0.2, 0) is 9.84 Å². The van der Waals surface area contributed by atoms with E-state index in [-0.39, 0.29) is 28.0 Å². The fourth-order valence-electron chi connectivity index (χ4n) is 2.54. The van der Waals surface area contributed by atoms with Crippen LogP contribution in [0.15, 0.2) is 59.6 Å². The standard InChI is InChI=1S/C19H18FN5O4S/c1-12(2)30(28,29)17-9-4-3-8-16(17)23-18-15(20)11-21-19(24-18)22-13-6-5-7-14(10-13)25(26)27/h3-12H,1-2H3,(H2,21,22,23,24). The molecule has 9 nitrogen and oxygen atoms in total. The van der Waals surface area contributed by atoms with Gasteiger partial charge in [0.1, 0.15) is 0 Å². The molecule has 0 saturated carbocycles. The predicted molar refractivity (Wildman–Crippen MR) is 110 cm³/mol. The van der Waals surface area contributed by atoms with Crippen molar-refractivity contribution in [2.75, 3.05) is 10.6 Å². The number of para-hydroxylation sites is 1. The number of benzene rings is 2. The van der Waals surface area contributed by atoms with Gasteiger partial charge in [-0.05, 0) is 32.0 Å². The molecule has 0 aliphatic carbocycles. The highest BCUT2D eigenvalue weighted by molar-refractivity contribution is 7.92. The van der Waals surface area contributed by atoms with Gasteiger partial charge in [-0.25, -0.2) is 17.8 Å². The van der Waals surface area contributed by atoms with Gasteiger partial charge in [0.15, 0.2) is 21.5 Å². The second kappa shape index (κ2) is 8.41. The first-order valence-corrected chi connectivity index (χ1v) is 10.4. The Morgan fingerprint density at radius 1 is 1.10 bits per heavy atom. The molecule has 0 unspecified atom stereocenters. The number of aromatic nitrogens is 2. The minimum Gasteiger partial charge on any atom is -0.337 e. The highest BCUT2D eigenvalue weighted by atomic mass is 32.2. The number of rotatable bonds is 7. The lowest BCUT2D eigenvalue weighted by Gasteiger charge is -2.15. The van der Waals surface area contributed by atoms with Crippen molar-refractivity contribution in [2.45, 2.75) is 24.0 Å². The minimum absolute atomic E-state index is 0.0196. The van der Waals surface area contributed by atoms with E-state index in [2.05, 4.69) is 20.6 Å². The molecule has 0 fully saturated rings. The number of nitrogens with one attached hydrogen (secondary N) is 2. The molecule has 156 valence electrons. The van der Waals surface area contributed by atoms with Crippen LogP contribution in [0, 0.1) is 15.9 Å². The molecule has 2 aromatic carbocycles. The first-order chi connectivity index (χ1) is 14.2. The number of non-ortho nitro benzene ring substituents is 1. The van der Waals surface area contributed by atoms with Gasteiger partial charge in [-0.3, -0.25) is 10.1 Å². The van der Waals surface area contributed by atoms with Gasteiger partial charge in [0.05, 0.1) is 27.0 Å². The Kier molecular flexibility index (Phi) is 5.92. The van der Waals surface area contributed by atoms with Crippen molar-refractivity contribution in [1.82, 2.24) is 9.97 Å². The maximum atomic E-state index is 14.3. The minimum atomic E-state index is -3.62. The zero-order valence-electron chi connectivity index (χ0n) is 16.0. The molecule has 2 N–H and O–H groups in total. The summed E-state index contributed by atoms with van der Waals surface area (Å²) in [6, 6.07) is 11.8. The van der Waals surface area contributed by atoms with Crippen LogP contribution in [0.4, 0.5) is 33.2 Å². The van der Waals surface area contributed by atoms with E-state index in [0.717, 1.165) is 6.20 Å². The van der Waals surface area contributed by atoms with Crippen molar-refractivity contribution in [2.24, 2.45) is 0 Å². The average molecular weight is 431 g/mol. The van der Waals surface area contributed by atoms with E-state index in [0.29, 0.717) is 5.69 Å². The molecule has 1 aromatic heterocycles. The maximum Gasteiger partial charge on any atom is 0.271 e. The van der Waals surface area contributed by atoms with E-state index in [9.17, 15) is 22.9 Å². The molecule has 11 heteroatoms. The number of halogens is 1. The van der Waals surface area contributed by atoms with Crippen molar-refractivity contribution < 1.29 is 17.7 Å². The van der Waals surface area contributed by atoms with Crippen LogP contribution >= 0.6 is 0 Å². The lowest BCUT2D eigenvalue weighted by atomic mass is 10.3. The molecule has 0 radical (unpaired) electrons. The van der Waals surface area contributed by atoms with Crippen LogP contribution in [0.25, 0.3) is 0 Å². The fraction of sp³-hybridized carbons (Fsp3) is 0.158. The molecule has 0 aliphatic rings. The molecule has 0 bridgehead atoms. The summed E-state index contributed by atoms with van der Waals surface area (Å²) in [6.07, 6.45) is 0.911. The molecule has 0 saturated heterocycles. The van der Waals surface area contributed by atoms with Crippen molar-refractivity contribution in [3.63, 3.8) is 0 Å². The number of hydrogen-bond donors (Lipinski definition) is 2. The number of nitro benzene ring substituents is 1. The van der Waals surface area contributed by atoms with Crippen molar-refractivity contribution in [1.29, 1.82) is 0 Å². The van der Waals surface area contributed by atoms with Gasteiger partial charge in [0, 0.05) is 17.8 Å². The topological polar surface area (TPSA) is 127 Å². The van der Waals surface area contributed by atoms with Crippen LogP contribution in [0.1, 0.15) is 13.8 Å². The zero-order chi connectivity index (χ0) is 21.9. The summed E-state index contributed by atoms with van der Waals surface area (Å²) in [5, 5.41) is 15.7. The third-order valence-electron chi connectivity index (χ3n) is 4.12. The second-order valence-corrected chi connectivity index (χ2v) is 9.01. The van der Waals surface area contributed by atoms with Gasteiger partial charge in [-0.1, -0.05) is 18.2 Å². The summed E-state index contributed by atoms with van der Waals surface area (Å²) in [4.78, 5) is 18.2. The van der Waals surface area contributed by atoms with Crippen LogP contribution < -0.4 is 10.6 Å². The molecular weight excluding hydrogens is 413 g/mol. The van der Waals surface area contributed by atoms with Crippen LogP contribution in [0.2, 0.25) is 0 Å². The molecule has 1 heterocycles. The molecule has 3 aromatic rings. The highest BCUT2D eigenvalue weighted by Gasteiger charge is 2.23. The van der Waals surface area contributed by atoms with Crippen LogP contribution in [0.3, 0.4) is 0 Å². The Bertz CT molecular complexity index is 1200. The second-order valence-electron chi connectivity index (χ2n) is 6.54. The Morgan fingerprint density at radius 3 is 2.53 bits per heavy atom. The predicted octanol–water partition coefficient (Wildman–Crippen LogP) is 4.19. The maximum absolute atomic E-state index is 14.3. The van der Waals surface area contributed by atoms with Crippen molar-refractivity contribution in [3.8, 4) is 0 Å². The number of nitro groups is 1. The summed E-state index contributed by atoms with van der Waals surface area (Å²) in [6.45, 7) is 3.11. The van der Waals surface area contributed by atoms with Gasteiger partial charge in [0.2, 0.25) is 5.95 Å². The Morgan fingerprint density at radius 2 is 1.83 bits per heavy atom. The van der Waals surface area contributed by atoms with E-state index in [1.165, 1.54) is 30.3 Å². The first-order valence-electron chi connectivity index (χ1n) is 8.82. The Labute approximate surface area is 172 Å². The van der Waals surface area contributed by atoms with Crippen molar-refractivity contribution in [3.05, 3.63) is 70.7 Å². The van der Waals surface area contributed by atoms with E-state index in [1.807, 2.05) is 0 Å². The lowest BCUT2D eigenvalue weighted by molar-refractivity contribution is -0.384. The molecule has 3 rings (SSSR count). The summed E-state index contributed by atoms with van der Waals surface area (Å²) in [7, 11) is -3.62. The van der Waals surface area contributed by atoms with Gasteiger partial charge in [-0.2, -0.15) is 4.98 Å². The fourth-order valence-corrected chi connectivity index (χ4v) is 3.74. The smallest absolute Gasteiger partial charge is 0.271 e. The van der Waals surface area contributed by atoms with E-state index in [4.69, 9.17) is 0 Å². The van der Waals surface area contributed by atoms with E-state index in [1.54, 1.807) is 32.0 Å². The summed E-state index contributed by atoms with van der Waals surface area (Å²) in [5.41, 5.74) is 0.378. The number of hydrogen-bond acceptors (Lipinski definition) is 8. The number of nitrogens with zero attached hydrogens (tertiary/aromatic N) is 3. The molecule has 30 heavy (non-hydrogen) atoms. The molecule has 0 amide bonds. The quantitative estimate of drug-likeness (QED) is 0.421. The monoisotopic (exact) mass is 431 g/mol. The summed E-state index contributed by atoms with van der Waals surface area (Å²) >= 11 is 0. The van der Waals surface area contributed by atoms with Gasteiger partial charge in [-0.15, -0.1) is 0 Å².